The highest BCUT2D eigenvalue weighted by atomic mass is 16.5. The summed E-state index contributed by atoms with van der Waals surface area (Å²) in [6.45, 7) is 0.618. The molecule has 2 rings (SSSR count). The van der Waals surface area contributed by atoms with E-state index >= 15 is 0 Å². The second-order valence-electron chi connectivity index (χ2n) is 4.10. The Hall–Kier alpha value is -2.50. The SMILES string of the molecule is COc1ccccc1CCNc1nc[nH]c(=O)c1OC. The summed E-state index contributed by atoms with van der Waals surface area (Å²) >= 11 is 0. The average molecular weight is 275 g/mol. The van der Waals surface area contributed by atoms with Crippen molar-refractivity contribution < 1.29 is 9.47 Å². The van der Waals surface area contributed by atoms with Crippen molar-refractivity contribution in [2.75, 3.05) is 26.1 Å². The van der Waals surface area contributed by atoms with E-state index in [9.17, 15) is 4.79 Å². The molecule has 0 aliphatic heterocycles. The fourth-order valence-corrected chi connectivity index (χ4v) is 1.93. The number of benzene rings is 1. The molecule has 1 aromatic heterocycles. The van der Waals surface area contributed by atoms with Crippen LogP contribution in [-0.4, -0.2) is 30.7 Å². The van der Waals surface area contributed by atoms with Gasteiger partial charge in [0.15, 0.2) is 5.82 Å². The van der Waals surface area contributed by atoms with Gasteiger partial charge in [0, 0.05) is 6.54 Å². The number of nitrogens with zero attached hydrogens (tertiary/aromatic N) is 1. The van der Waals surface area contributed by atoms with Crippen LogP contribution in [0.2, 0.25) is 0 Å². The number of aromatic nitrogens is 2. The van der Waals surface area contributed by atoms with Gasteiger partial charge in [0.25, 0.3) is 5.56 Å². The lowest BCUT2D eigenvalue weighted by Gasteiger charge is -2.10. The lowest BCUT2D eigenvalue weighted by Crippen LogP contribution is -2.15. The van der Waals surface area contributed by atoms with E-state index in [1.807, 2.05) is 24.3 Å². The smallest absolute Gasteiger partial charge is 0.295 e. The molecule has 0 unspecified atom stereocenters. The normalized spacial score (nSPS) is 10.1. The van der Waals surface area contributed by atoms with Crippen molar-refractivity contribution in [3.8, 4) is 11.5 Å². The van der Waals surface area contributed by atoms with Crippen LogP contribution in [0.3, 0.4) is 0 Å². The van der Waals surface area contributed by atoms with Gasteiger partial charge in [0.2, 0.25) is 5.75 Å². The fourth-order valence-electron chi connectivity index (χ4n) is 1.93. The Morgan fingerprint density at radius 3 is 2.80 bits per heavy atom. The molecule has 0 saturated heterocycles. The Morgan fingerprint density at radius 1 is 1.25 bits per heavy atom. The first kappa shape index (κ1) is 13.9. The summed E-state index contributed by atoms with van der Waals surface area (Å²) in [5.41, 5.74) is 0.786. The summed E-state index contributed by atoms with van der Waals surface area (Å²) in [7, 11) is 3.09. The molecule has 0 saturated carbocycles. The zero-order valence-corrected chi connectivity index (χ0v) is 11.5. The summed E-state index contributed by atoms with van der Waals surface area (Å²) in [6.07, 6.45) is 2.10. The molecule has 106 valence electrons. The number of rotatable bonds is 6. The van der Waals surface area contributed by atoms with E-state index in [-0.39, 0.29) is 11.3 Å². The highest BCUT2D eigenvalue weighted by Gasteiger charge is 2.08. The standard InChI is InChI=1S/C14H17N3O3/c1-19-11-6-4-3-5-10(11)7-8-15-13-12(20-2)14(18)17-9-16-13/h3-6,9H,7-8H2,1-2H3,(H2,15,16,17,18). The van der Waals surface area contributed by atoms with Gasteiger partial charge in [-0.3, -0.25) is 4.79 Å². The molecule has 0 bridgehead atoms. The van der Waals surface area contributed by atoms with E-state index in [2.05, 4.69) is 15.3 Å². The summed E-state index contributed by atoms with van der Waals surface area (Å²) in [4.78, 5) is 18.1. The van der Waals surface area contributed by atoms with Crippen LogP contribution >= 0.6 is 0 Å². The number of hydrogen-bond acceptors (Lipinski definition) is 5. The zero-order chi connectivity index (χ0) is 14.4. The van der Waals surface area contributed by atoms with E-state index in [4.69, 9.17) is 9.47 Å². The van der Waals surface area contributed by atoms with Gasteiger partial charge in [0.05, 0.1) is 20.5 Å². The number of nitrogens with one attached hydrogen (secondary N) is 2. The third-order valence-corrected chi connectivity index (χ3v) is 2.89. The monoisotopic (exact) mass is 275 g/mol. The topological polar surface area (TPSA) is 76.2 Å². The molecule has 0 radical (unpaired) electrons. The predicted octanol–water partition coefficient (Wildman–Crippen LogP) is 1.44. The number of ether oxygens (including phenoxy) is 2. The Kier molecular flexibility index (Phi) is 4.60. The summed E-state index contributed by atoms with van der Waals surface area (Å²) in [5.74, 6) is 1.47. The molecule has 0 fully saturated rings. The van der Waals surface area contributed by atoms with Crippen molar-refractivity contribution in [3.63, 3.8) is 0 Å². The summed E-state index contributed by atoms with van der Waals surface area (Å²) in [6, 6.07) is 7.81. The van der Waals surface area contributed by atoms with E-state index in [1.54, 1.807) is 7.11 Å². The van der Waals surface area contributed by atoms with Crippen LogP contribution < -0.4 is 20.3 Å². The van der Waals surface area contributed by atoms with Crippen LogP contribution in [-0.2, 0) is 6.42 Å². The number of para-hydroxylation sites is 1. The lowest BCUT2D eigenvalue weighted by molar-refractivity contribution is 0.407. The molecule has 6 nitrogen and oxygen atoms in total. The van der Waals surface area contributed by atoms with Gasteiger partial charge in [-0.15, -0.1) is 0 Å². The van der Waals surface area contributed by atoms with Gasteiger partial charge in [0.1, 0.15) is 5.75 Å². The maximum absolute atomic E-state index is 11.5. The van der Waals surface area contributed by atoms with Crippen LogP contribution in [0.5, 0.6) is 11.5 Å². The van der Waals surface area contributed by atoms with E-state index in [0.29, 0.717) is 12.4 Å². The van der Waals surface area contributed by atoms with Crippen LogP contribution in [0.1, 0.15) is 5.56 Å². The van der Waals surface area contributed by atoms with Gasteiger partial charge in [-0.25, -0.2) is 4.98 Å². The third kappa shape index (κ3) is 3.09. The fraction of sp³-hybridized carbons (Fsp3) is 0.286. The minimum Gasteiger partial charge on any atom is -0.496 e. The average Bonchev–Trinajstić information content (AvgIpc) is 2.48. The largest absolute Gasteiger partial charge is 0.496 e. The number of H-pyrrole nitrogens is 1. The molecule has 2 N–H and O–H groups in total. The van der Waals surface area contributed by atoms with Crippen molar-refractivity contribution in [3.05, 3.63) is 46.5 Å². The summed E-state index contributed by atoms with van der Waals surface area (Å²) in [5, 5.41) is 3.09. The van der Waals surface area contributed by atoms with E-state index < -0.39 is 0 Å². The van der Waals surface area contributed by atoms with Gasteiger partial charge in [-0.05, 0) is 18.1 Å². The molecule has 1 heterocycles. The van der Waals surface area contributed by atoms with Crippen LogP contribution in [0, 0.1) is 0 Å². The quantitative estimate of drug-likeness (QED) is 0.834. The molecule has 0 atom stereocenters. The van der Waals surface area contributed by atoms with Crippen molar-refractivity contribution in [1.29, 1.82) is 0 Å². The molecule has 6 heteroatoms. The van der Waals surface area contributed by atoms with Crippen molar-refractivity contribution in [2.24, 2.45) is 0 Å². The van der Waals surface area contributed by atoms with E-state index in [0.717, 1.165) is 17.7 Å². The van der Waals surface area contributed by atoms with Gasteiger partial charge in [-0.1, -0.05) is 18.2 Å². The molecule has 0 aliphatic rings. The van der Waals surface area contributed by atoms with Crippen LogP contribution in [0.25, 0.3) is 0 Å². The molecular weight excluding hydrogens is 258 g/mol. The third-order valence-electron chi connectivity index (χ3n) is 2.89. The number of aromatic amines is 1. The Balaban J connectivity index is 2.03. The molecule has 1 aromatic carbocycles. The lowest BCUT2D eigenvalue weighted by atomic mass is 10.1. The van der Waals surface area contributed by atoms with Gasteiger partial charge < -0.3 is 19.8 Å². The van der Waals surface area contributed by atoms with Gasteiger partial charge in [-0.2, -0.15) is 0 Å². The maximum Gasteiger partial charge on any atom is 0.295 e. The first-order chi connectivity index (χ1) is 9.76. The number of anilines is 1. The maximum atomic E-state index is 11.5. The van der Waals surface area contributed by atoms with Gasteiger partial charge >= 0.3 is 0 Å². The second kappa shape index (κ2) is 6.60. The number of hydrogen-bond donors (Lipinski definition) is 2. The molecule has 0 aliphatic carbocycles. The van der Waals surface area contributed by atoms with Crippen molar-refractivity contribution in [2.45, 2.75) is 6.42 Å². The van der Waals surface area contributed by atoms with Crippen molar-refractivity contribution in [1.82, 2.24) is 9.97 Å². The van der Waals surface area contributed by atoms with Crippen LogP contribution in [0.15, 0.2) is 35.4 Å². The highest BCUT2D eigenvalue weighted by molar-refractivity contribution is 5.48. The first-order valence-electron chi connectivity index (χ1n) is 6.23. The molecule has 20 heavy (non-hydrogen) atoms. The highest BCUT2D eigenvalue weighted by Crippen LogP contribution is 2.19. The minimum atomic E-state index is -0.303. The first-order valence-corrected chi connectivity index (χ1v) is 6.23. The second-order valence-corrected chi connectivity index (χ2v) is 4.10. The minimum absolute atomic E-state index is 0.188. The molecule has 0 spiro atoms. The predicted molar refractivity (Wildman–Crippen MR) is 76.6 cm³/mol. The molecule has 0 amide bonds. The number of methoxy groups -OCH3 is 2. The molecular formula is C14H17N3O3. The zero-order valence-electron chi connectivity index (χ0n) is 11.5. The molecule has 2 aromatic rings. The van der Waals surface area contributed by atoms with Crippen molar-refractivity contribution >= 4 is 5.82 Å². The van der Waals surface area contributed by atoms with Crippen LogP contribution in [0.4, 0.5) is 5.82 Å². The Labute approximate surface area is 116 Å². The summed E-state index contributed by atoms with van der Waals surface area (Å²) < 4.78 is 10.3. The Morgan fingerprint density at radius 2 is 2.05 bits per heavy atom. The van der Waals surface area contributed by atoms with E-state index in [1.165, 1.54) is 13.4 Å². The Bertz CT molecular complexity index is 625.